The van der Waals surface area contributed by atoms with E-state index in [4.69, 9.17) is 4.74 Å². The molecule has 0 amide bonds. The molecule has 90 valence electrons. The zero-order valence-electron chi connectivity index (χ0n) is 10.6. The summed E-state index contributed by atoms with van der Waals surface area (Å²) in [6.07, 6.45) is 3.97. The number of hydrazine groups is 1. The normalized spacial score (nSPS) is 30.4. The fraction of sp³-hybridized carbons (Fsp3) is 1.00. The summed E-state index contributed by atoms with van der Waals surface area (Å²) in [6, 6.07) is 1.71. The average Bonchev–Trinajstić information content (AvgIpc) is 2.21. The number of hydrogen-bond acceptors (Lipinski definition) is 3. The van der Waals surface area contributed by atoms with Crippen molar-refractivity contribution in [3.05, 3.63) is 0 Å². The molecule has 1 fully saturated rings. The second-order valence-electron chi connectivity index (χ2n) is 4.73. The summed E-state index contributed by atoms with van der Waals surface area (Å²) in [7, 11) is 0. The van der Waals surface area contributed by atoms with Gasteiger partial charge >= 0.3 is 0 Å². The Kier molecular flexibility index (Phi) is 5.58. The fourth-order valence-electron chi connectivity index (χ4n) is 2.26. The van der Waals surface area contributed by atoms with E-state index in [1.165, 1.54) is 19.3 Å². The molecule has 1 rings (SSSR count). The number of ether oxygens (including phenoxy) is 1. The van der Waals surface area contributed by atoms with Crippen LogP contribution in [0, 0.1) is 0 Å². The van der Waals surface area contributed by atoms with Crippen molar-refractivity contribution in [2.45, 2.75) is 65.1 Å². The molecule has 3 heteroatoms. The average molecular weight is 214 g/mol. The Labute approximate surface area is 94.1 Å². The first-order valence-electron chi connectivity index (χ1n) is 6.27. The van der Waals surface area contributed by atoms with Crippen molar-refractivity contribution in [3.8, 4) is 0 Å². The molecule has 0 aliphatic carbocycles. The molecule has 0 aromatic heterocycles. The fourth-order valence-corrected chi connectivity index (χ4v) is 2.26. The van der Waals surface area contributed by atoms with E-state index < -0.39 is 0 Å². The van der Waals surface area contributed by atoms with Crippen LogP contribution in [0.3, 0.4) is 0 Å². The summed E-state index contributed by atoms with van der Waals surface area (Å²) in [5.41, 5.74) is 3.56. The van der Waals surface area contributed by atoms with E-state index in [-0.39, 0.29) is 0 Å². The first kappa shape index (κ1) is 12.9. The SMILES string of the molecule is CCOCC(C)NN1C(C)CCCC1C. The molecule has 0 saturated carbocycles. The van der Waals surface area contributed by atoms with Crippen LogP contribution < -0.4 is 5.43 Å². The lowest BCUT2D eigenvalue weighted by molar-refractivity contribution is 0.0115. The summed E-state index contributed by atoms with van der Waals surface area (Å²) in [5, 5.41) is 2.41. The third-order valence-electron chi connectivity index (χ3n) is 3.13. The minimum atomic E-state index is 0.410. The maximum absolute atomic E-state index is 5.42. The van der Waals surface area contributed by atoms with E-state index in [1.54, 1.807) is 0 Å². The summed E-state index contributed by atoms with van der Waals surface area (Å²) in [5.74, 6) is 0. The standard InChI is InChI=1S/C12H26N2O/c1-5-15-9-10(2)13-14-11(3)7-6-8-12(14)4/h10-13H,5-9H2,1-4H3. The van der Waals surface area contributed by atoms with E-state index in [0.717, 1.165) is 13.2 Å². The highest BCUT2D eigenvalue weighted by atomic mass is 16.5. The molecule has 1 aliphatic rings. The van der Waals surface area contributed by atoms with Gasteiger partial charge in [0.1, 0.15) is 0 Å². The van der Waals surface area contributed by atoms with Gasteiger partial charge in [-0.2, -0.15) is 0 Å². The smallest absolute Gasteiger partial charge is 0.0630 e. The lowest BCUT2D eigenvalue weighted by Crippen LogP contribution is -2.55. The van der Waals surface area contributed by atoms with Crippen LogP contribution in [0.4, 0.5) is 0 Å². The van der Waals surface area contributed by atoms with Gasteiger partial charge in [0.15, 0.2) is 0 Å². The Bertz CT molecular complexity index is 165. The molecular formula is C12H26N2O. The quantitative estimate of drug-likeness (QED) is 0.759. The molecule has 1 saturated heterocycles. The number of nitrogens with zero attached hydrogens (tertiary/aromatic N) is 1. The Morgan fingerprint density at radius 1 is 1.33 bits per heavy atom. The minimum absolute atomic E-state index is 0.410. The molecular weight excluding hydrogens is 188 g/mol. The summed E-state index contributed by atoms with van der Waals surface area (Å²) >= 11 is 0. The van der Waals surface area contributed by atoms with E-state index in [1.807, 2.05) is 6.92 Å². The monoisotopic (exact) mass is 214 g/mol. The third-order valence-corrected chi connectivity index (χ3v) is 3.13. The largest absolute Gasteiger partial charge is 0.380 e. The molecule has 3 atom stereocenters. The minimum Gasteiger partial charge on any atom is -0.380 e. The van der Waals surface area contributed by atoms with Gasteiger partial charge in [0, 0.05) is 24.7 Å². The zero-order valence-corrected chi connectivity index (χ0v) is 10.6. The highest BCUT2D eigenvalue weighted by Gasteiger charge is 2.25. The van der Waals surface area contributed by atoms with Crippen LogP contribution in [0.2, 0.25) is 0 Å². The molecule has 0 aromatic carbocycles. The highest BCUT2D eigenvalue weighted by Crippen LogP contribution is 2.20. The maximum atomic E-state index is 5.42. The summed E-state index contributed by atoms with van der Waals surface area (Å²) in [4.78, 5) is 0. The van der Waals surface area contributed by atoms with Gasteiger partial charge in [0.25, 0.3) is 0 Å². The zero-order chi connectivity index (χ0) is 11.3. The molecule has 3 nitrogen and oxygen atoms in total. The van der Waals surface area contributed by atoms with Crippen LogP contribution in [-0.2, 0) is 4.74 Å². The molecule has 3 unspecified atom stereocenters. The van der Waals surface area contributed by atoms with Crippen molar-refractivity contribution in [2.24, 2.45) is 0 Å². The Hall–Kier alpha value is -0.120. The molecule has 0 radical (unpaired) electrons. The van der Waals surface area contributed by atoms with Crippen molar-refractivity contribution < 1.29 is 4.74 Å². The van der Waals surface area contributed by atoms with Crippen LogP contribution >= 0.6 is 0 Å². The van der Waals surface area contributed by atoms with Gasteiger partial charge in [-0.1, -0.05) is 6.42 Å². The summed E-state index contributed by atoms with van der Waals surface area (Å²) < 4.78 is 5.42. The van der Waals surface area contributed by atoms with Gasteiger partial charge in [-0.15, -0.1) is 0 Å². The van der Waals surface area contributed by atoms with Crippen LogP contribution in [0.5, 0.6) is 0 Å². The Morgan fingerprint density at radius 2 is 1.93 bits per heavy atom. The van der Waals surface area contributed by atoms with Crippen molar-refractivity contribution in [2.75, 3.05) is 13.2 Å². The van der Waals surface area contributed by atoms with E-state index in [2.05, 4.69) is 31.2 Å². The molecule has 0 spiro atoms. The molecule has 1 aliphatic heterocycles. The summed E-state index contributed by atoms with van der Waals surface area (Å²) in [6.45, 7) is 10.4. The van der Waals surface area contributed by atoms with Gasteiger partial charge in [-0.25, -0.2) is 10.4 Å². The van der Waals surface area contributed by atoms with E-state index in [0.29, 0.717) is 18.1 Å². The van der Waals surface area contributed by atoms with Crippen LogP contribution in [0.15, 0.2) is 0 Å². The van der Waals surface area contributed by atoms with Gasteiger partial charge < -0.3 is 4.74 Å². The first-order chi connectivity index (χ1) is 7.15. The van der Waals surface area contributed by atoms with Crippen LogP contribution in [-0.4, -0.2) is 36.3 Å². The Balaban J connectivity index is 2.33. The topological polar surface area (TPSA) is 24.5 Å². The predicted octanol–water partition coefficient (Wildman–Crippen LogP) is 2.18. The van der Waals surface area contributed by atoms with Gasteiger partial charge in [-0.05, 0) is 40.5 Å². The number of rotatable bonds is 5. The lowest BCUT2D eigenvalue weighted by atomic mass is 10.00. The second kappa shape index (κ2) is 6.46. The highest BCUT2D eigenvalue weighted by molar-refractivity contribution is 4.77. The van der Waals surface area contributed by atoms with Crippen molar-refractivity contribution in [3.63, 3.8) is 0 Å². The third kappa shape index (κ3) is 4.09. The number of hydrogen-bond donors (Lipinski definition) is 1. The van der Waals surface area contributed by atoms with Gasteiger partial charge in [0.05, 0.1) is 6.61 Å². The maximum Gasteiger partial charge on any atom is 0.0630 e. The number of nitrogens with one attached hydrogen (secondary N) is 1. The van der Waals surface area contributed by atoms with Crippen LogP contribution in [0.1, 0.15) is 47.0 Å². The van der Waals surface area contributed by atoms with E-state index >= 15 is 0 Å². The van der Waals surface area contributed by atoms with E-state index in [9.17, 15) is 0 Å². The van der Waals surface area contributed by atoms with Gasteiger partial charge in [-0.3, -0.25) is 0 Å². The predicted molar refractivity (Wildman–Crippen MR) is 63.7 cm³/mol. The molecule has 1 heterocycles. The first-order valence-corrected chi connectivity index (χ1v) is 6.27. The van der Waals surface area contributed by atoms with Crippen molar-refractivity contribution in [1.29, 1.82) is 0 Å². The molecule has 15 heavy (non-hydrogen) atoms. The molecule has 0 aromatic rings. The van der Waals surface area contributed by atoms with Crippen molar-refractivity contribution in [1.82, 2.24) is 10.4 Å². The molecule has 1 N–H and O–H groups in total. The Morgan fingerprint density at radius 3 is 2.47 bits per heavy atom. The van der Waals surface area contributed by atoms with Gasteiger partial charge in [0.2, 0.25) is 0 Å². The lowest BCUT2D eigenvalue weighted by Gasteiger charge is -2.40. The van der Waals surface area contributed by atoms with Crippen molar-refractivity contribution >= 4 is 0 Å². The van der Waals surface area contributed by atoms with Crippen LogP contribution in [0.25, 0.3) is 0 Å². The molecule has 0 bridgehead atoms. The number of piperidine rings is 1. The second-order valence-corrected chi connectivity index (χ2v) is 4.73.